The minimum atomic E-state index is -3.74. The second-order valence-corrected chi connectivity index (χ2v) is 11.8. The number of hydrogen-bond donors (Lipinski definition) is 2. The quantitative estimate of drug-likeness (QED) is 0.258. The Hall–Kier alpha value is -3.16. The number of nitrogens with zero attached hydrogens (tertiary/aromatic N) is 2. The number of anilines is 2. The van der Waals surface area contributed by atoms with Crippen molar-refractivity contribution < 1.29 is 8.42 Å². The topological polar surface area (TPSA) is 84.0 Å². The molecule has 2 N–H and O–H groups in total. The zero-order valence-corrected chi connectivity index (χ0v) is 22.7. The zero-order chi connectivity index (χ0) is 26.0. The zero-order valence-electron chi connectivity index (χ0n) is 21.1. The Balaban J connectivity index is 1.42. The van der Waals surface area contributed by atoms with Gasteiger partial charge in [0.1, 0.15) is 0 Å². The molecule has 0 spiro atoms. The van der Waals surface area contributed by atoms with Gasteiger partial charge in [0.2, 0.25) is 5.95 Å². The highest BCUT2D eigenvalue weighted by atomic mass is 35.5. The van der Waals surface area contributed by atoms with Crippen molar-refractivity contribution in [3.8, 4) is 11.1 Å². The maximum Gasteiger partial charge on any atom is 0.261 e. The minimum absolute atomic E-state index is 0.126. The van der Waals surface area contributed by atoms with E-state index in [0.717, 1.165) is 39.6 Å². The molecule has 0 bridgehead atoms. The van der Waals surface area contributed by atoms with Crippen molar-refractivity contribution in [2.24, 2.45) is 0 Å². The predicted molar refractivity (Wildman–Crippen MR) is 152 cm³/mol. The summed E-state index contributed by atoms with van der Waals surface area (Å²) in [6, 6.07) is 16.5. The fourth-order valence-electron chi connectivity index (χ4n) is 5.04. The SMILES string of the molecule is CCc1cc(-c2ccc(NS(=O)(=O)c3cccc(Cl)c3)cc2C)cc2cnc(NC3CCCCC3)nc12. The van der Waals surface area contributed by atoms with Crippen LogP contribution in [0.4, 0.5) is 11.6 Å². The Labute approximate surface area is 223 Å². The third-order valence-corrected chi connectivity index (χ3v) is 8.59. The van der Waals surface area contributed by atoms with Gasteiger partial charge in [-0.3, -0.25) is 4.72 Å². The molecule has 0 radical (unpaired) electrons. The lowest BCUT2D eigenvalue weighted by Crippen LogP contribution is -2.23. The normalized spacial score (nSPS) is 14.6. The molecule has 1 heterocycles. The molecule has 37 heavy (non-hydrogen) atoms. The molecule has 1 aliphatic rings. The smallest absolute Gasteiger partial charge is 0.261 e. The lowest BCUT2D eigenvalue weighted by molar-refractivity contribution is 0.461. The highest BCUT2D eigenvalue weighted by molar-refractivity contribution is 7.92. The Bertz CT molecular complexity index is 1550. The van der Waals surface area contributed by atoms with Gasteiger partial charge in [-0.1, -0.05) is 49.9 Å². The number of fused-ring (bicyclic) bond motifs is 1. The minimum Gasteiger partial charge on any atom is -0.351 e. The van der Waals surface area contributed by atoms with Gasteiger partial charge < -0.3 is 5.32 Å². The maximum absolute atomic E-state index is 12.8. The van der Waals surface area contributed by atoms with E-state index < -0.39 is 10.0 Å². The molecule has 4 aromatic rings. The number of aromatic nitrogens is 2. The van der Waals surface area contributed by atoms with Gasteiger partial charge in [0.15, 0.2) is 0 Å². The fourth-order valence-corrected chi connectivity index (χ4v) is 6.39. The van der Waals surface area contributed by atoms with E-state index in [1.54, 1.807) is 18.2 Å². The van der Waals surface area contributed by atoms with Crippen LogP contribution in [0.2, 0.25) is 5.02 Å². The van der Waals surface area contributed by atoms with Gasteiger partial charge in [0.05, 0.1) is 10.4 Å². The van der Waals surface area contributed by atoms with E-state index in [0.29, 0.717) is 22.7 Å². The van der Waals surface area contributed by atoms with Gasteiger partial charge in [-0.2, -0.15) is 0 Å². The van der Waals surface area contributed by atoms with Crippen LogP contribution in [0.1, 0.15) is 50.2 Å². The van der Waals surface area contributed by atoms with E-state index in [9.17, 15) is 8.42 Å². The Morgan fingerprint density at radius 1 is 1.03 bits per heavy atom. The van der Waals surface area contributed by atoms with Crippen LogP contribution >= 0.6 is 11.6 Å². The van der Waals surface area contributed by atoms with Gasteiger partial charge in [-0.05, 0) is 90.9 Å². The van der Waals surface area contributed by atoms with Crippen molar-refractivity contribution in [2.75, 3.05) is 10.0 Å². The first kappa shape index (κ1) is 25.5. The van der Waals surface area contributed by atoms with Gasteiger partial charge in [0, 0.05) is 28.3 Å². The van der Waals surface area contributed by atoms with Crippen molar-refractivity contribution in [3.63, 3.8) is 0 Å². The summed E-state index contributed by atoms with van der Waals surface area (Å²) in [7, 11) is -3.74. The number of hydrogen-bond acceptors (Lipinski definition) is 5. The molecule has 6 nitrogen and oxygen atoms in total. The number of rotatable bonds is 7. The van der Waals surface area contributed by atoms with Crippen LogP contribution in [0.5, 0.6) is 0 Å². The molecular weight excluding hydrogens is 504 g/mol. The van der Waals surface area contributed by atoms with E-state index >= 15 is 0 Å². The average molecular weight is 535 g/mol. The molecule has 5 rings (SSSR count). The summed E-state index contributed by atoms with van der Waals surface area (Å²) >= 11 is 5.98. The van der Waals surface area contributed by atoms with E-state index in [2.05, 4.69) is 34.1 Å². The third-order valence-electron chi connectivity index (χ3n) is 6.98. The second-order valence-electron chi connectivity index (χ2n) is 9.69. The van der Waals surface area contributed by atoms with E-state index in [-0.39, 0.29) is 4.90 Å². The van der Waals surface area contributed by atoms with E-state index in [1.807, 2.05) is 25.3 Å². The third kappa shape index (κ3) is 5.73. The number of nitrogens with one attached hydrogen (secondary N) is 2. The van der Waals surface area contributed by atoms with Crippen LogP contribution in [-0.2, 0) is 16.4 Å². The van der Waals surface area contributed by atoms with Gasteiger partial charge in [0.25, 0.3) is 10.0 Å². The standard InChI is InChI=1S/C29H31ClN4O2S/c1-3-20-15-21(16-22-18-31-29(33-28(20)22)32-24-9-5-4-6-10-24)27-13-12-25(14-19(27)2)34-37(35,36)26-11-7-8-23(30)17-26/h7-8,11-18,24,34H,3-6,9-10H2,1-2H3,(H,31,32,33). The molecule has 192 valence electrons. The Morgan fingerprint density at radius 3 is 2.57 bits per heavy atom. The summed E-state index contributed by atoms with van der Waals surface area (Å²) in [6.07, 6.45) is 8.93. The molecule has 0 unspecified atom stereocenters. The highest BCUT2D eigenvalue weighted by Gasteiger charge is 2.17. The van der Waals surface area contributed by atoms with Gasteiger partial charge in [-0.25, -0.2) is 18.4 Å². The summed E-state index contributed by atoms with van der Waals surface area (Å²) in [5.74, 6) is 0.703. The van der Waals surface area contributed by atoms with Gasteiger partial charge in [-0.15, -0.1) is 0 Å². The predicted octanol–water partition coefficient (Wildman–Crippen LogP) is 7.37. The monoisotopic (exact) mass is 534 g/mol. The first-order valence-corrected chi connectivity index (χ1v) is 14.6. The number of sulfonamides is 1. The molecule has 3 aromatic carbocycles. The van der Waals surface area contributed by atoms with Crippen LogP contribution in [-0.4, -0.2) is 24.4 Å². The second kappa shape index (κ2) is 10.7. The van der Waals surface area contributed by atoms with Crippen LogP contribution in [0, 0.1) is 6.92 Å². The van der Waals surface area contributed by atoms with Crippen molar-refractivity contribution in [1.82, 2.24) is 9.97 Å². The first-order valence-electron chi connectivity index (χ1n) is 12.8. The molecule has 1 aliphatic carbocycles. The molecule has 0 amide bonds. The summed E-state index contributed by atoms with van der Waals surface area (Å²) in [4.78, 5) is 9.62. The summed E-state index contributed by atoms with van der Waals surface area (Å²) in [5, 5.41) is 4.90. The molecule has 0 atom stereocenters. The average Bonchev–Trinajstić information content (AvgIpc) is 2.88. The van der Waals surface area contributed by atoms with Crippen molar-refractivity contribution in [3.05, 3.63) is 76.9 Å². The van der Waals surface area contributed by atoms with Gasteiger partial charge >= 0.3 is 0 Å². The Morgan fingerprint density at radius 2 is 1.84 bits per heavy atom. The van der Waals surface area contributed by atoms with Crippen molar-refractivity contribution in [2.45, 2.75) is 63.3 Å². The molecular formula is C29H31ClN4O2S. The lowest BCUT2D eigenvalue weighted by Gasteiger charge is -2.22. The largest absolute Gasteiger partial charge is 0.351 e. The summed E-state index contributed by atoms with van der Waals surface area (Å²) < 4.78 is 28.3. The van der Waals surface area contributed by atoms with E-state index in [1.165, 1.54) is 44.2 Å². The molecule has 8 heteroatoms. The van der Waals surface area contributed by atoms with Crippen molar-refractivity contribution >= 4 is 44.2 Å². The summed E-state index contributed by atoms with van der Waals surface area (Å²) in [6.45, 7) is 4.12. The van der Waals surface area contributed by atoms with Crippen LogP contribution in [0.25, 0.3) is 22.0 Å². The molecule has 1 fully saturated rings. The lowest BCUT2D eigenvalue weighted by atomic mass is 9.95. The number of halogens is 1. The Kier molecular flexibility index (Phi) is 7.36. The summed E-state index contributed by atoms with van der Waals surface area (Å²) in [5.41, 5.74) is 5.69. The molecule has 1 saturated carbocycles. The fraction of sp³-hybridized carbons (Fsp3) is 0.310. The molecule has 0 aliphatic heterocycles. The highest BCUT2D eigenvalue weighted by Crippen LogP contribution is 2.32. The maximum atomic E-state index is 12.8. The molecule has 0 saturated heterocycles. The van der Waals surface area contributed by atoms with Crippen LogP contribution in [0.15, 0.2) is 65.7 Å². The number of benzene rings is 3. The first-order chi connectivity index (χ1) is 17.8. The van der Waals surface area contributed by atoms with Crippen molar-refractivity contribution in [1.29, 1.82) is 0 Å². The number of aryl methyl sites for hydroxylation is 2. The van der Waals surface area contributed by atoms with Crippen LogP contribution in [0.3, 0.4) is 0 Å². The van der Waals surface area contributed by atoms with E-state index in [4.69, 9.17) is 16.6 Å². The van der Waals surface area contributed by atoms with Crippen LogP contribution < -0.4 is 10.0 Å². The molecule has 1 aromatic heterocycles.